The Balaban J connectivity index is 1.73. The van der Waals surface area contributed by atoms with Crippen molar-refractivity contribution < 1.29 is 14.2 Å². The van der Waals surface area contributed by atoms with Crippen molar-refractivity contribution in [3.8, 4) is 5.75 Å². The Kier molecular flexibility index (Phi) is 8.98. The number of methoxy groups -OCH3 is 3. The Hall–Kier alpha value is -1.69. The summed E-state index contributed by atoms with van der Waals surface area (Å²) in [4.78, 5) is 9.48. The third-order valence-electron chi connectivity index (χ3n) is 4.58. The number of aliphatic imine (C=N–C) groups is 2. The highest BCUT2D eigenvalue weighted by molar-refractivity contribution is 7.98. The zero-order chi connectivity index (χ0) is 19.6. The van der Waals surface area contributed by atoms with Gasteiger partial charge in [-0.05, 0) is 48.6 Å². The third kappa shape index (κ3) is 6.45. The topological polar surface area (TPSA) is 52.4 Å². The van der Waals surface area contributed by atoms with Crippen LogP contribution in [0.4, 0.5) is 0 Å². The molecule has 1 heterocycles. The lowest BCUT2D eigenvalue weighted by Crippen LogP contribution is -2.37. The van der Waals surface area contributed by atoms with Gasteiger partial charge in [0, 0.05) is 5.75 Å². The highest BCUT2D eigenvalue weighted by atomic mass is 32.2. The Morgan fingerprint density at radius 3 is 2.22 bits per heavy atom. The highest BCUT2D eigenvalue weighted by Crippen LogP contribution is 2.22. The molecule has 0 bridgehead atoms. The summed E-state index contributed by atoms with van der Waals surface area (Å²) in [5.41, 5.74) is 1.33. The predicted octanol–water partition coefficient (Wildman–Crippen LogP) is 4.60. The molecule has 0 spiro atoms. The maximum Gasteiger partial charge on any atom is 0.209 e. The number of rotatable bonds is 9. The number of hydrogen-bond donors (Lipinski definition) is 0. The van der Waals surface area contributed by atoms with Crippen LogP contribution in [0.1, 0.15) is 38.7 Å². The van der Waals surface area contributed by atoms with Crippen LogP contribution in [0, 0.1) is 5.92 Å². The first kappa shape index (κ1) is 21.6. The zero-order valence-corrected chi connectivity index (χ0v) is 17.9. The molecular formula is C21H32N2O3S. The van der Waals surface area contributed by atoms with Crippen molar-refractivity contribution in [1.82, 2.24) is 0 Å². The second-order valence-electron chi connectivity index (χ2n) is 6.94. The normalized spacial score (nSPS) is 19.5. The van der Waals surface area contributed by atoms with Gasteiger partial charge in [-0.25, -0.2) is 9.98 Å². The summed E-state index contributed by atoms with van der Waals surface area (Å²) < 4.78 is 16.2. The van der Waals surface area contributed by atoms with Gasteiger partial charge in [0.15, 0.2) is 0 Å². The van der Waals surface area contributed by atoms with Gasteiger partial charge in [-0.1, -0.05) is 26.0 Å². The molecule has 0 saturated heterocycles. The number of benzene rings is 1. The molecule has 0 unspecified atom stereocenters. The Labute approximate surface area is 167 Å². The summed E-state index contributed by atoms with van der Waals surface area (Å²) in [6.07, 6.45) is 3.18. The summed E-state index contributed by atoms with van der Waals surface area (Å²) in [5, 5.41) is 0. The molecule has 2 rings (SSSR count). The molecule has 27 heavy (non-hydrogen) atoms. The number of nitrogens with zero attached hydrogens (tertiary/aromatic N) is 2. The molecule has 0 N–H and O–H groups in total. The van der Waals surface area contributed by atoms with Crippen LogP contribution in [-0.4, -0.2) is 51.0 Å². The molecule has 1 aromatic carbocycles. The van der Waals surface area contributed by atoms with Gasteiger partial charge in [-0.15, -0.1) is 0 Å². The van der Waals surface area contributed by atoms with E-state index < -0.39 is 0 Å². The fourth-order valence-corrected chi connectivity index (χ4v) is 3.98. The van der Waals surface area contributed by atoms with E-state index in [1.165, 1.54) is 5.56 Å². The van der Waals surface area contributed by atoms with Crippen molar-refractivity contribution >= 4 is 23.6 Å². The largest absolute Gasteiger partial charge is 0.497 e. The van der Waals surface area contributed by atoms with Gasteiger partial charge in [0.2, 0.25) is 11.8 Å². The number of thioether (sulfide) groups is 1. The first-order chi connectivity index (χ1) is 13.1. The van der Waals surface area contributed by atoms with Gasteiger partial charge in [0.1, 0.15) is 17.8 Å². The van der Waals surface area contributed by atoms with Crippen molar-refractivity contribution in [2.45, 2.75) is 50.9 Å². The van der Waals surface area contributed by atoms with Crippen LogP contribution in [0.3, 0.4) is 0 Å². The van der Waals surface area contributed by atoms with E-state index in [4.69, 9.17) is 24.2 Å². The van der Waals surface area contributed by atoms with Crippen molar-refractivity contribution in [2.24, 2.45) is 15.9 Å². The maximum atomic E-state index is 5.50. The monoisotopic (exact) mass is 392 g/mol. The highest BCUT2D eigenvalue weighted by Gasteiger charge is 2.30. The van der Waals surface area contributed by atoms with E-state index >= 15 is 0 Å². The molecular weight excluding hydrogens is 360 g/mol. The molecule has 0 saturated carbocycles. The summed E-state index contributed by atoms with van der Waals surface area (Å²) in [5.74, 6) is 4.87. The van der Waals surface area contributed by atoms with E-state index in [-0.39, 0.29) is 12.1 Å². The van der Waals surface area contributed by atoms with Crippen molar-refractivity contribution in [1.29, 1.82) is 0 Å². The fourth-order valence-electron chi connectivity index (χ4n) is 3.00. The van der Waals surface area contributed by atoms with Gasteiger partial charge in [0.05, 0.1) is 21.3 Å². The number of ether oxygens (including phenoxy) is 3. The minimum Gasteiger partial charge on any atom is -0.497 e. The van der Waals surface area contributed by atoms with Gasteiger partial charge < -0.3 is 14.2 Å². The van der Waals surface area contributed by atoms with Gasteiger partial charge in [0.25, 0.3) is 0 Å². The predicted molar refractivity (Wildman–Crippen MR) is 114 cm³/mol. The Morgan fingerprint density at radius 1 is 0.926 bits per heavy atom. The summed E-state index contributed by atoms with van der Waals surface area (Å²) in [6, 6.07) is 8.22. The van der Waals surface area contributed by atoms with E-state index in [1.807, 2.05) is 23.9 Å². The second-order valence-corrected chi connectivity index (χ2v) is 8.05. The van der Waals surface area contributed by atoms with Crippen LogP contribution in [0.15, 0.2) is 34.3 Å². The fraction of sp³-hybridized carbons (Fsp3) is 0.619. The molecule has 6 heteroatoms. The van der Waals surface area contributed by atoms with Gasteiger partial charge in [-0.3, -0.25) is 0 Å². The summed E-state index contributed by atoms with van der Waals surface area (Å²) in [6.45, 7) is 4.24. The lowest BCUT2D eigenvalue weighted by Gasteiger charge is -2.27. The number of unbranched alkanes of at least 4 members (excludes halogenated alkanes) is 1. The average Bonchev–Trinajstić information content (AvgIpc) is 2.70. The molecule has 0 aromatic heterocycles. The minimum atomic E-state index is -0.0405. The van der Waals surface area contributed by atoms with E-state index in [9.17, 15) is 0 Å². The zero-order valence-electron chi connectivity index (χ0n) is 17.1. The smallest absolute Gasteiger partial charge is 0.209 e. The molecule has 150 valence electrons. The molecule has 1 aliphatic heterocycles. The third-order valence-corrected chi connectivity index (χ3v) is 5.70. The molecule has 0 radical (unpaired) electrons. The van der Waals surface area contributed by atoms with Crippen LogP contribution in [0.2, 0.25) is 0 Å². The van der Waals surface area contributed by atoms with Crippen molar-refractivity contribution in [2.75, 3.05) is 27.1 Å². The molecule has 5 nitrogen and oxygen atoms in total. The minimum absolute atomic E-state index is 0.0217. The molecule has 2 atom stereocenters. The van der Waals surface area contributed by atoms with E-state index in [1.54, 1.807) is 21.3 Å². The first-order valence-electron chi connectivity index (χ1n) is 9.53. The molecule has 1 aliphatic rings. The molecule has 0 fully saturated rings. The quantitative estimate of drug-likeness (QED) is 0.577. The summed E-state index contributed by atoms with van der Waals surface area (Å²) >= 11 is 1.96. The van der Waals surface area contributed by atoms with E-state index in [2.05, 4.69) is 26.0 Å². The molecule has 0 aliphatic carbocycles. The maximum absolute atomic E-state index is 5.50. The van der Waals surface area contributed by atoms with Crippen molar-refractivity contribution in [3.63, 3.8) is 0 Å². The second kappa shape index (κ2) is 11.2. The van der Waals surface area contributed by atoms with E-state index in [0.717, 1.165) is 48.3 Å². The lowest BCUT2D eigenvalue weighted by molar-refractivity contribution is 0.330. The van der Waals surface area contributed by atoms with Crippen LogP contribution in [0.25, 0.3) is 0 Å². The van der Waals surface area contributed by atoms with Crippen molar-refractivity contribution in [3.05, 3.63) is 29.8 Å². The standard InChI is InChI=1S/C21H32N2O3S/c1-15(2)19-21(26-5)22-18(20(23-19)25-4)8-6-7-13-27-14-16-9-11-17(24-3)12-10-16/h9-12,15,18-19H,6-8,13-14H2,1-5H3/t18-,19+/m0/s1. The van der Waals surface area contributed by atoms with Crippen LogP contribution >= 0.6 is 11.8 Å². The van der Waals surface area contributed by atoms with Gasteiger partial charge >= 0.3 is 0 Å². The van der Waals surface area contributed by atoms with E-state index in [0.29, 0.717) is 5.92 Å². The lowest BCUT2D eigenvalue weighted by atomic mass is 10.0. The Morgan fingerprint density at radius 2 is 1.63 bits per heavy atom. The first-order valence-corrected chi connectivity index (χ1v) is 10.7. The Bertz CT molecular complexity index is 629. The average molecular weight is 393 g/mol. The van der Waals surface area contributed by atoms with Crippen LogP contribution in [0.5, 0.6) is 5.75 Å². The molecule has 1 aromatic rings. The number of hydrogen-bond acceptors (Lipinski definition) is 6. The van der Waals surface area contributed by atoms with Gasteiger partial charge in [-0.2, -0.15) is 11.8 Å². The summed E-state index contributed by atoms with van der Waals surface area (Å²) in [7, 11) is 5.05. The molecule has 0 amide bonds. The SMILES string of the molecule is COC1=N[C@H](C(C)C)C(OC)=N[C@H]1CCCCSCc1ccc(OC)cc1. The van der Waals surface area contributed by atoms with Crippen LogP contribution < -0.4 is 4.74 Å². The van der Waals surface area contributed by atoms with Crippen LogP contribution in [-0.2, 0) is 15.2 Å².